The van der Waals surface area contributed by atoms with Crippen LogP contribution >= 0.6 is 8.30 Å². The molecular formula is C45H54N3O10P. The zero-order valence-corrected chi connectivity index (χ0v) is 35.8. The molecule has 4 aromatic rings. The van der Waals surface area contributed by atoms with E-state index in [-0.39, 0.29) is 37.9 Å². The molecule has 0 radical (unpaired) electrons. The Labute approximate surface area is 346 Å². The predicted molar refractivity (Wildman–Crippen MR) is 225 cm³/mol. The molecule has 59 heavy (non-hydrogen) atoms. The van der Waals surface area contributed by atoms with E-state index in [0.29, 0.717) is 11.5 Å². The maximum absolute atomic E-state index is 13.7. The second-order valence-electron chi connectivity index (χ2n) is 15.9. The summed E-state index contributed by atoms with van der Waals surface area (Å²) >= 11 is 0. The van der Waals surface area contributed by atoms with E-state index in [9.17, 15) is 14.4 Å². The highest BCUT2D eigenvalue weighted by Gasteiger charge is 2.65. The minimum atomic E-state index is -1.72. The zero-order valence-electron chi connectivity index (χ0n) is 34.9. The highest BCUT2D eigenvalue weighted by atomic mass is 31.2. The van der Waals surface area contributed by atoms with Crippen molar-refractivity contribution in [3.8, 4) is 23.8 Å². The molecular weight excluding hydrogens is 773 g/mol. The summed E-state index contributed by atoms with van der Waals surface area (Å²) < 4.78 is 48.5. The van der Waals surface area contributed by atoms with Gasteiger partial charge >= 0.3 is 11.7 Å². The van der Waals surface area contributed by atoms with Crippen LogP contribution in [-0.4, -0.2) is 89.3 Å². The van der Waals surface area contributed by atoms with Gasteiger partial charge in [0.2, 0.25) is 0 Å². The van der Waals surface area contributed by atoms with Crippen LogP contribution in [0.1, 0.15) is 70.9 Å². The van der Waals surface area contributed by atoms with Crippen LogP contribution in [0.2, 0.25) is 0 Å². The number of carbonyl (C=O) groups is 1. The number of nitrogens with one attached hydrogen (secondary N) is 1. The van der Waals surface area contributed by atoms with Crippen molar-refractivity contribution in [1.82, 2.24) is 14.2 Å². The number of methoxy groups -OCH3 is 2. The van der Waals surface area contributed by atoms with E-state index < -0.39 is 60.8 Å². The lowest BCUT2D eigenvalue weighted by molar-refractivity contribution is -0.203. The van der Waals surface area contributed by atoms with Crippen molar-refractivity contribution in [2.45, 2.75) is 95.3 Å². The molecule has 3 aromatic carbocycles. The number of aromatic amines is 1. The normalized spacial score (nSPS) is 20.8. The Morgan fingerprint density at radius 2 is 1.51 bits per heavy atom. The van der Waals surface area contributed by atoms with E-state index in [2.05, 4.69) is 15.6 Å². The molecule has 5 atom stereocenters. The fraction of sp³-hybridized carbons (Fsp3) is 0.444. The third-order valence-electron chi connectivity index (χ3n) is 10.5. The molecule has 314 valence electrons. The zero-order chi connectivity index (χ0) is 42.5. The first kappa shape index (κ1) is 43.8. The Bertz CT molecular complexity index is 2140. The molecule has 2 aliphatic heterocycles. The lowest BCUT2D eigenvalue weighted by Gasteiger charge is -2.42. The molecule has 2 fully saturated rings. The number of H-pyrrole nitrogens is 1. The van der Waals surface area contributed by atoms with Crippen molar-refractivity contribution >= 4 is 14.3 Å². The number of hydrogen-bond donors (Lipinski definition) is 1. The monoisotopic (exact) mass is 827 g/mol. The quantitative estimate of drug-likeness (QED) is 0.0517. The molecule has 14 heteroatoms. The highest BCUT2D eigenvalue weighted by molar-refractivity contribution is 7.51. The number of aromatic nitrogens is 2. The first-order chi connectivity index (χ1) is 28.2. The lowest BCUT2D eigenvalue weighted by atomic mass is 9.79. The van der Waals surface area contributed by atoms with Gasteiger partial charge in [-0.05, 0) is 82.5 Å². The van der Waals surface area contributed by atoms with E-state index in [0.717, 1.165) is 16.7 Å². The van der Waals surface area contributed by atoms with Gasteiger partial charge in [0.1, 0.15) is 55.0 Å². The van der Waals surface area contributed by atoms with Gasteiger partial charge in [0.15, 0.2) is 6.23 Å². The van der Waals surface area contributed by atoms with Crippen LogP contribution in [0.3, 0.4) is 0 Å². The summed E-state index contributed by atoms with van der Waals surface area (Å²) in [7, 11) is 1.50. The fourth-order valence-electron chi connectivity index (χ4n) is 7.96. The molecule has 3 heterocycles. The van der Waals surface area contributed by atoms with Crippen molar-refractivity contribution < 1.29 is 37.7 Å². The Kier molecular flexibility index (Phi) is 13.5. The number of nitrogens with zero attached hydrogens (tertiary/aromatic N) is 2. The third kappa shape index (κ3) is 9.19. The van der Waals surface area contributed by atoms with Crippen LogP contribution in [0.4, 0.5) is 0 Å². The summed E-state index contributed by atoms with van der Waals surface area (Å²) in [5.74, 6) is 3.47. The number of terminal acetylenes is 1. The van der Waals surface area contributed by atoms with Crippen LogP contribution in [-0.2, 0) is 33.9 Å². The lowest BCUT2D eigenvalue weighted by Crippen LogP contribution is -2.49. The Morgan fingerprint density at radius 1 is 0.932 bits per heavy atom. The van der Waals surface area contributed by atoms with E-state index >= 15 is 0 Å². The fourth-order valence-corrected chi connectivity index (χ4v) is 10.2. The molecule has 2 bridgehead atoms. The maximum atomic E-state index is 13.7. The molecule has 1 aromatic heterocycles. The van der Waals surface area contributed by atoms with Crippen molar-refractivity contribution in [3.05, 3.63) is 129 Å². The summed E-state index contributed by atoms with van der Waals surface area (Å²) in [5.41, 5.74) is -2.23. The Balaban J connectivity index is 1.48. The molecule has 0 spiro atoms. The smallest absolute Gasteiger partial charge is 0.330 e. The van der Waals surface area contributed by atoms with Gasteiger partial charge in [-0.15, -0.1) is 12.3 Å². The second kappa shape index (κ2) is 18.2. The van der Waals surface area contributed by atoms with Gasteiger partial charge in [-0.3, -0.25) is 23.8 Å². The second-order valence-corrected chi connectivity index (χ2v) is 17.6. The van der Waals surface area contributed by atoms with Crippen molar-refractivity contribution in [3.63, 3.8) is 0 Å². The van der Waals surface area contributed by atoms with Gasteiger partial charge in [0.05, 0.1) is 27.4 Å². The Hall–Kier alpha value is -4.80. The molecule has 1 N–H and O–H groups in total. The number of carbonyl (C=O) groups excluding carboxylic acids is 1. The number of benzene rings is 3. The largest absolute Gasteiger partial charge is 0.497 e. The third-order valence-corrected chi connectivity index (χ3v) is 13.0. The number of hydrogen-bond acceptors (Lipinski definition) is 11. The van der Waals surface area contributed by atoms with Gasteiger partial charge in [-0.2, -0.15) is 0 Å². The topological polar surface area (TPSA) is 140 Å². The van der Waals surface area contributed by atoms with E-state index in [1.54, 1.807) is 28.1 Å². The van der Waals surface area contributed by atoms with Crippen LogP contribution in [0.25, 0.3) is 0 Å². The predicted octanol–water partition coefficient (Wildman–Crippen LogP) is 6.39. The molecule has 0 saturated carbocycles. The van der Waals surface area contributed by atoms with Crippen molar-refractivity contribution in [2.75, 3.05) is 33.6 Å². The van der Waals surface area contributed by atoms with Gasteiger partial charge < -0.3 is 32.9 Å². The molecule has 2 aliphatic rings. The van der Waals surface area contributed by atoms with E-state index in [4.69, 9.17) is 39.4 Å². The van der Waals surface area contributed by atoms with Gasteiger partial charge in [-0.25, -0.2) is 4.79 Å². The molecule has 0 amide bonds. The number of rotatable bonds is 18. The number of ether oxygens (including phenoxy) is 6. The first-order valence-electron chi connectivity index (χ1n) is 19.6. The van der Waals surface area contributed by atoms with Crippen LogP contribution in [0, 0.1) is 12.3 Å². The van der Waals surface area contributed by atoms with Crippen molar-refractivity contribution in [1.29, 1.82) is 0 Å². The number of fused-ring (bicyclic) bond motifs is 2. The molecule has 2 unspecified atom stereocenters. The summed E-state index contributed by atoms with van der Waals surface area (Å²) in [6.07, 6.45) is 4.43. The first-order valence-corrected chi connectivity index (χ1v) is 21.0. The minimum Gasteiger partial charge on any atom is -0.497 e. The summed E-state index contributed by atoms with van der Waals surface area (Å²) in [5, 5.41) is 0. The van der Waals surface area contributed by atoms with E-state index in [1.807, 2.05) is 107 Å². The maximum Gasteiger partial charge on any atom is 0.330 e. The van der Waals surface area contributed by atoms with Gasteiger partial charge in [-0.1, -0.05) is 54.6 Å². The highest BCUT2D eigenvalue weighted by Crippen LogP contribution is 2.55. The van der Waals surface area contributed by atoms with Crippen LogP contribution in [0.15, 0.2) is 101 Å². The van der Waals surface area contributed by atoms with Crippen LogP contribution < -0.4 is 20.7 Å². The van der Waals surface area contributed by atoms with Gasteiger partial charge in [0.25, 0.3) is 5.56 Å². The van der Waals surface area contributed by atoms with Gasteiger partial charge in [0, 0.05) is 30.8 Å². The average Bonchev–Trinajstić information content (AvgIpc) is 3.69. The molecule has 6 rings (SSSR count). The van der Waals surface area contributed by atoms with E-state index in [1.165, 1.54) is 16.8 Å². The molecule has 13 nitrogen and oxygen atoms in total. The summed E-state index contributed by atoms with van der Waals surface area (Å²) in [4.78, 5) is 41.6. The number of esters is 1. The standard InChI is InChI=1S/C45H54N3O10P/c1-10-25-43(6,7)56-38(50)27-59(48(30(2)3)31(4)5)58-40-39-41(47-26-24-37(49)46-42(47)51)57-44(40,28-54-39)29-55-45(32-14-12-11-13-15-32,33-16-20-35(52-8)21-17-33)34-18-22-36(53-9)23-19-34/h1,11-24,26,30-31,39-41H,25,27-29H2,2-9H3,(H,46,49,51)/t39?,40-,41-,44-,59?/m1/s1. The van der Waals surface area contributed by atoms with Crippen molar-refractivity contribution in [2.24, 2.45) is 0 Å². The average molecular weight is 828 g/mol. The minimum absolute atomic E-state index is 0.0331. The summed E-state index contributed by atoms with van der Waals surface area (Å²) in [6.45, 7) is 11.7. The summed E-state index contributed by atoms with van der Waals surface area (Å²) in [6, 6.07) is 26.4. The SMILES string of the molecule is C#CCC(C)(C)OC(=O)CP(O[C@@H]1C2OC[C@]1(COC(c1ccccc1)(c1ccc(OC)cc1)c1ccc(OC)cc1)O[C@H]2n1ccc(=O)[nH]c1=O)N(C(C)C)C(C)C. The van der Waals surface area contributed by atoms with Crippen LogP contribution in [0.5, 0.6) is 11.5 Å². The molecule has 2 saturated heterocycles. The molecule has 0 aliphatic carbocycles. The Morgan fingerprint density at radius 3 is 2.03 bits per heavy atom.